The van der Waals surface area contributed by atoms with Gasteiger partial charge in [-0.2, -0.15) is 0 Å². The van der Waals surface area contributed by atoms with Crippen molar-refractivity contribution in [3.63, 3.8) is 0 Å². The van der Waals surface area contributed by atoms with Crippen LogP contribution in [0.15, 0.2) is 18.2 Å². The second-order valence-electron chi connectivity index (χ2n) is 10.7. The lowest BCUT2D eigenvalue weighted by Crippen LogP contribution is -2.18. The first-order chi connectivity index (χ1) is 12.1. The zero-order chi connectivity index (χ0) is 19.1. The van der Waals surface area contributed by atoms with E-state index in [9.17, 15) is 5.11 Å². The zero-order valence-electron chi connectivity index (χ0n) is 17.8. The maximum Gasteiger partial charge on any atom is 0.123 e. The molecule has 1 nitrogen and oxygen atoms in total. The summed E-state index contributed by atoms with van der Waals surface area (Å²) in [5, 5.41) is 10.9. The molecule has 2 aliphatic carbocycles. The second kappa shape index (κ2) is 7.06. The smallest absolute Gasteiger partial charge is 0.123 e. The van der Waals surface area contributed by atoms with Gasteiger partial charge in [0.25, 0.3) is 0 Å². The Balaban J connectivity index is 1.95. The Hall–Kier alpha value is -1.24. The summed E-state index contributed by atoms with van der Waals surface area (Å²) in [5.74, 6) is 2.37. The average molecular weight is 355 g/mol. The summed E-state index contributed by atoms with van der Waals surface area (Å²) >= 11 is 0. The summed E-state index contributed by atoms with van der Waals surface area (Å²) in [4.78, 5) is 0. The number of phenols is 1. The molecular weight excluding hydrogens is 316 g/mol. The second-order valence-corrected chi connectivity index (χ2v) is 10.7. The lowest BCUT2D eigenvalue weighted by Gasteiger charge is -2.30. The summed E-state index contributed by atoms with van der Waals surface area (Å²) in [6.45, 7) is 13.2. The van der Waals surface area contributed by atoms with Crippen molar-refractivity contribution in [2.45, 2.75) is 97.3 Å². The Bertz CT molecular complexity index is 640. The molecule has 26 heavy (non-hydrogen) atoms. The van der Waals surface area contributed by atoms with Gasteiger partial charge < -0.3 is 5.11 Å². The molecule has 1 saturated carbocycles. The first-order valence-corrected chi connectivity index (χ1v) is 10.6. The Labute approximate surface area is 160 Å². The zero-order valence-corrected chi connectivity index (χ0v) is 17.8. The number of rotatable bonds is 2. The number of aromatic hydroxyl groups is 1. The number of benzene rings is 1. The van der Waals surface area contributed by atoms with E-state index in [1.165, 1.54) is 56.1 Å². The van der Waals surface area contributed by atoms with Crippen LogP contribution in [0.2, 0.25) is 0 Å². The first kappa shape index (κ1) is 19.5. The van der Waals surface area contributed by atoms with Crippen LogP contribution in [0.1, 0.15) is 103 Å². The third kappa shape index (κ3) is 4.02. The van der Waals surface area contributed by atoms with Gasteiger partial charge in [0, 0.05) is 11.1 Å². The van der Waals surface area contributed by atoms with E-state index in [0.29, 0.717) is 5.75 Å². The first-order valence-electron chi connectivity index (χ1n) is 10.6. The van der Waals surface area contributed by atoms with Gasteiger partial charge >= 0.3 is 0 Å². The van der Waals surface area contributed by atoms with E-state index < -0.39 is 0 Å². The molecule has 0 radical (unpaired) electrons. The highest BCUT2D eigenvalue weighted by Crippen LogP contribution is 2.44. The van der Waals surface area contributed by atoms with Crippen LogP contribution in [-0.4, -0.2) is 5.11 Å². The van der Waals surface area contributed by atoms with Crippen LogP contribution in [0.25, 0.3) is 5.57 Å². The minimum atomic E-state index is -0.0539. The van der Waals surface area contributed by atoms with Crippen molar-refractivity contribution >= 4 is 5.57 Å². The van der Waals surface area contributed by atoms with Gasteiger partial charge in [-0.1, -0.05) is 73.3 Å². The number of allylic oxidation sites excluding steroid dienone is 2. The van der Waals surface area contributed by atoms with Gasteiger partial charge in [-0.3, -0.25) is 0 Å². The molecule has 144 valence electrons. The van der Waals surface area contributed by atoms with Crippen molar-refractivity contribution in [3.8, 4) is 5.75 Å². The van der Waals surface area contributed by atoms with Gasteiger partial charge in [0.2, 0.25) is 0 Å². The van der Waals surface area contributed by atoms with E-state index in [1.54, 1.807) is 0 Å². The molecule has 0 aliphatic heterocycles. The van der Waals surface area contributed by atoms with E-state index in [1.807, 2.05) is 0 Å². The highest BCUT2D eigenvalue weighted by atomic mass is 16.3. The van der Waals surface area contributed by atoms with Gasteiger partial charge in [-0.15, -0.1) is 0 Å². The maximum atomic E-state index is 10.9. The van der Waals surface area contributed by atoms with E-state index in [0.717, 1.165) is 23.0 Å². The third-order valence-electron chi connectivity index (χ3n) is 6.61. The molecule has 1 atom stereocenters. The van der Waals surface area contributed by atoms with Crippen LogP contribution in [0.5, 0.6) is 5.75 Å². The highest BCUT2D eigenvalue weighted by molar-refractivity contribution is 5.70. The van der Waals surface area contributed by atoms with Crippen LogP contribution in [0.4, 0.5) is 0 Å². The molecule has 0 amide bonds. The summed E-state index contributed by atoms with van der Waals surface area (Å²) in [5.41, 5.74) is 4.89. The van der Waals surface area contributed by atoms with Crippen molar-refractivity contribution in [1.29, 1.82) is 0 Å². The Morgan fingerprint density at radius 2 is 1.35 bits per heavy atom. The fourth-order valence-electron chi connectivity index (χ4n) is 4.94. The summed E-state index contributed by atoms with van der Waals surface area (Å²) < 4.78 is 0. The van der Waals surface area contributed by atoms with Gasteiger partial charge in [0.15, 0.2) is 0 Å². The van der Waals surface area contributed by atoms with Gasteiger partial charge in [0.1, 0.15) is 5.75 Å². The van der Waals surface area contributed by atoms with Crippen molar-refractivity contribution in [2.75, 3.05) is 0 Å². The molecule has 3 rings (SSSR count). The molecule has 0 spiro atoms. The molecule has 1 fully saturated rings. The topological polar surface area (TPSA) is 20.2 Å². The van der Waals surface area contributed by atoms with E-state index in [4.69, 9.17) is 0 Å². The van der Waals surface area contributed by atoms with Crippen molar-refractivity contribution in [3.05, 3.63) is 34.9 Å². The SMILES string of the molecule is CC(C)(C)c1cc(C2=CCC(C3CCCC3)CC2)cc(C(C)(C)C)c1O. The molecule has 1 heteroatoms. The monoisotopic (exact) mass is 354 g/mol. The molecule has 0 saturated heterocycles. The highest BCUT2D eigenvalue weighted by Gasteiger charge is 2.29. The van der Waals surface area contributed by atoms with Crippen molar-refractivity contribution in [1.82, 2.24) is 0 Å². The van der Waals surface area contributed by atoms with E-state index in [-0.39, 0.29) is 10.8 Å². The number of phenolic OH excluding ortho intramolecular Hbond substituents is 1. The van der Waals surface area contributed by atoms with Crippen molar-refractivity contribution < 1.29 is 5.11 Å². The van der Waals surface area contributed by atoms with Crippen LogP contribution < -0.4 is 0 Å². The molecule has 1 aromatic rings. The molecule has 1 aromatic carbocycles. The third-order valence-corrected chi connectivity index (χ3v) is 6.61. The number of hydrogen-bond acceptors (Lipinski definition) is 1. The lowest BCUT2D eigenvalue weighted by molar-refractivity contribution is 0.317. The summed E-state index contributed by atoms with van der Waals surface area (Å²) in [6.07, 6.45) is 12.1. The molecule has 0 bridgehead atoms. The normalized spacial score (nSPS) is 22.5. The average Bonchev–Trinajstić information content (AvgIpc) is 3.07. The predicted molar refractivity (Wildman–Crippen MR) is 113 cm³/mol. The molecule has 0 heterocycles. The van der Waals surface area contributed by atoms with E-state index >= 15 is 0 Å². The Morgan fingerprint density at radius 1 is 0.808 bits per heavy atom. The minimum absolute atomic E-state index is 0.0539. The fourth-order valence-corrected chi connectivity index (χ4v) is 4.94. The van der Waals surface area contributed by atoms with Gasteiger partial charge in [-0.05, 0) is 65.2 Å². The van der Waals surface area contributed by atoms with Crippen molar-refractivity contribution in [2.24, 2.45) is 11.8 Å². The number of hydrogen-bond donors (Lipinski definition) is 1. The Kier molecular flexibility index (Phi) is 5.30. The molecular formula is C25H38O. The van der Waals surface area contributed by atoms with Crippen LogP contribution in [0.3, 0.4) is 0 Å². The summed E-state index contributed by atoms with van der Waals surface area (Å²) in [6, 6.07) is 4.51. The quantitative estimate of drug-likeness (QED) is 0.588. The van der Waals surface area contributed by atoms with E-state index in [2.05, 4.69) is 59.8 Å². The van der Waals surface area contributed by atoms with Crippen LogP contribution in [-0.2, 0) is 10.8 Å². The molecule has 1 N–H and O–H groups in total. The fraction of sp³-hybridized carbons (Fsp3) is 0.680. The molecule has 2 aliphatic rings. The van der Waals surface area contributed by atoms with Crippen LogP contribution in [0, 0.1) is 11.8 Å². The summed E-state index contributed by atoms with van der Waals surface area (Å²) in [7, 11) is 0. The molecule has 0 aromatic heterocycles. The predicted octanol–water partition coefficient (Wildman–Crippen LogP) is 7.36. The van der Waals surface area contributed by atoms with Gasteiger partial charge in [-0.25, -0.2) is 0 Å². The molecule has 1 unspecified atom stereocenters. The standard InChI is InChI=1S/C25H38O/c1-24(2,3)21-15-20(16-22(23(21)26)25(4,5)6)19-13-11-18(12-14-19)17-9-7-8-10-17/h13,15-18,26H,7-12,14H2,1-6H3. The Morgan fingerprint density at radius 3 is 1.77 bits per heavy atom. The van der Waals surface area contributed by atoms with Gasteiger partial charge in [0.05, 0.1) is 0 Å². The largest absolute Gasteiger partial charge is 0.507 e. The lowest BCUT2D eigenvalue weighted by atomic mass is 9.75. The minimum Gasteiger partial charge on any atom is -0.507 e. The van der Waals surface area contributed by atoms with Crippen LogP contribution >= 0.6 is 0 Å². The maximum absolute atomic E-state index is 10.9.